The van der Waals surface area contributed by atoms with Gasteiger partial charge in [-0.2, -0.15) is 0 Å². The standard InChI is InChI=1S/C15H17NO7/c1-9-6-10-7-20-14(9)21-8-13(10)23-15(17)22-12-4-2-11(3-5-12)16(18)19/h2-5,9-10,13-14H,6-8H2,1H3. The second-order valence-corrected chi connectivity index (χ2v) is 5.77. The van der Waals surface area contributed by atoms with Crippen molar-refractivity contribution in [1.29, 1.82) is 0 Å². The van der Waals surface area contributed by atoms with E-state index >= 15 is 0 Å². The molecule has 3 saturated heterocycles. The molecule has 0 aromatic heterocycles. The summed E-state index contributed by atoms with van der Waals surface area (Å²) in [6.07, 6.45) is -0.661. The first-order valence-corrected chi connectivity index (χ1v) is 7.39. The van der Waals surface area contributed by atoms with Crippen LogP contribution >= 0.6 is 0 Å². The third-order valence-corrected chi connectivity index (χ3v) is 4.06. The Bertz CT molecular complexity index is 588. The lowest BCUT2D eigenvalue weighted by Gasteiger charge is -2.30. The number of carbonyl (C=O) groups is 1. The third-order valence-electron chi connectivity index (χ3n) is 4.06. The summed E-state index contributed by atoms with van der Waals surface area (Å²) in [5.74, 6) is 0.519. The van der Waals surface area contributed by atoms with Crippen LogP contribution in [0.25, 0.3) is 0 Å². The molecule has 0 aliphatic carbocycles. The van der Waals surface area contributed by atoms with Gasteiger partial charge in [0.25, 0.3) is 5.69 Å². The Hall–Kier alpha value is -2.19. The van der Waals surface area contributed by atoms with E-state index in [4.69, 9.17) is 18.9 Å². The van der Waals surface area contributed by atoms with Crippen molar-refractivity contribution in [1.82, 2.24) is 0 Å². The molecule has 8 nitrogen and oxygen atoms in total. The van der Waals surface area contributed by atoms with Gasteiger partial charge in [-0.05, 0) is 18.6 Å². The van der Waals surface area contributed by atoms with E-state index in [2.05, 4.69) is 0 Å². The number of non-ortho nitro benzene ring substituents is 1. The van der Waals surface area contributed by atoms with E-state index in [1.807, 2.05) is 6.92 Å². The van der Waals surface area contributed by atoms with Crippen molar-refractivity contribution < 1.29 is 28.7 Å². The second kappa shape index (κ2) is 6.51. The predicted octanol–water partition coefficient (Wildman–Crippen LogP) is 2.51. The number of nitrogens with zero attached hydrogens (tertiary/aromatic N) is 1. The summed E-state index contributed by atoms with van der Waals surface area (Å²) < 4.78 is 21.5. The topological polar surface area (TPSA) is 97.1 Å². The summed E-state index contributed by atoms with van der Waals surface area (Å²) in [6, 6.07) is 5.21. The number of nitro benzene ring substituents is 1. The van der Waals surface area contributed by atoms with E-state index in [1.54, 1.807) is 0 Å². The fourth-order valence-electron chi connectivity index (χ4n) is 2.85. The Morgan fingerprint density at radius 1 is 1.26 bits per heavy atom. The largest absolute Gasteiger partial charge is 0.514 e. The van der Waals surface area contributed by atoms with Gasteiger partial charge in [0.1, 0.15) is 11.9 Å². The highest BCUT2D eigenvalue weighted by atomic mass is 16.7. The van der Waals surface area contributed by atoms with Crippen LogP contribution in [-0.4, -0.2) is 36.7 Å². The van der Waals surface area contributed by atoms with Gasteiger partial charge in [-0.3, -0.25) is 10.1 Å². The molecule has 3 fully saturated rings. The quantitative estimate of drug-likeness (QED) is 0.365. The number of nitro groups is 1. The number of benzene rings is 1. The fraction of sp³-hybridized carbons (Fsp3) is 0.533. The van der Waals surface area contributed by atoms with Crippen molar-refractivity contribution in [3.05, 3.63) is 34.4 Å². The minimum Gasteiger partial charge on any atom is -0.428 e. The van der Waals surface area contributed by atoms with E-state index in [-0.39, 0.29) is 36.2 Å². The van der Waals surface area contributed by atoms with Crippen LogP contribution < -0.4 is 4.74 Å². The smallest absolute Gasteiger partial charge is 0.428 e. The average Bonchev–Trinajstić information content (AvgIpc) is 2.79. The molecule has 4 atom stereocenters. The molecule has 2 bridgehead atoms. The number of hydrogen-bond donors (Lipinski definition) is 0. The Labute approximate surface area is 132 Å². The molecule has 0 radical (unpaired) electrons. The molecule has 8 heteroatoms. The third kappa shape index (κ3) is 3.59. The maximum Gasteiger partial charge on any atom is 0.514 e. The van der Waals surface area contributed by atoms with Gasteiger partial charge < -0.3 is 18.9 Å². The van der Waals surface area contributed by atoms with Gasteiger partial charge in [0.15, 0.2) is 6.29 Å². The molecule has 3 aliphatic heterocycles. The minimum atomic E-state index is -0.856. The van der Waals surface area contributed by atoms with Crippen LogP contribution in [0.1, 0.15) is 13.3 Å². The van der Waals surface area contributed by atoms with E-state index in [9.17, 15) is 14.9 Å². The molecule has 3 heterocycles. The van der Waals surface area contributed by atoms with Gasteiger partial charge >= 0.3 is 6.16 Å². The van der Waals surface area contributed by atoms with Crippen molar-refractivity contribution in [2.75, 3.05) is 13.2 Å². The number of ether oxygens (including phenoxy) is 4. The highest BCUT2D eigenvalue weighted by Gasteiger charge is 2.40. The van der Waals surface area contributed by atoms with Gasteiger partial charge in [0.2, 0.25) is 0 Å². The van der Waals surface area contributed by atoms with Crippen molar-refractivity contribution in [2.24, 2.45) is 11.8 Å². The van der Waals surface area contributed by atoms with Crippen LogP contribution in [0.3, 0.4) is 0 Å². The van der Waals surface area contributed by atoms with Gasteiger partial charge in [0, 0.05) is 24.0 Å². The Morgan fingerprint density at radius 3 is 2.61 bits per heavy atom. The van der Waals surface area contributed by atoms with Gasteiger partial charge in [-0.15, -0.1) is 0 Å². The Morgan fingerprint density at radius 2 is 1.96 bits per heavy atom. The number of carbonyl (C=O) groups excluding carboxylic acids is 1. The fourth-order valence-corrected chi connectivity index (χ4v) is 2.85. The number of rotatable bonds is 3. The molecular weight excluding hydrogens is 306 g/mol. The van der Waals surface area contributed by atoms with Crippen LogP contribution in [0, 0.1) is 22.0 Å². The molecule has 0 N–H and O–H groups in total. The van der Waals surface area contributed by atoms with Gasteiger partial charge in [0.05, 0.1) is 18.1 Å². The van der Waals surface area contributed by atoms with E-state index < -0.39 is 17.2 Å². The molecule has 0 amide bonds. The first-order valence-electron chi connectivity index (χ1n) is 7.39. The lowest BCUT2D eigenvalue weighted by molar-refractivity contribution is -0.384. The Kier molecular flexibility index (Phi) is 4.44. The maximum absolute atomic E-state index is 11.9. The van der Waals surface area contributed by atoms with Crippen LogP contribution in [0.2, 0.25) is 0 Å². The molecule has 4 unspecified atom stereocenters. The van der Waals surface area contributed by atoms with Crippen LogP contribution in [0.5, 0.6) is 5.75 Å². The summed E-state index contributed by atoms with van der Waals surface area (Å²) in [4.78, 5) is 21.9. The normalized spacial score (nSPS) is 29.6. The summed E-state index contributed by atoms with van der Waals surface area (Å²) in [5, 5.41) is 10.6. The molecule has 0 spiro atoms. The monoisotopic (exact) mass is 323 g/mol. The second-order valence-electron chi connectivity index (χ2n) is 5.77. The lowest BCUT2D eigenvalue weighted by Crippen LogP contribution is -2.36. The molecule has 0 saturated carbocycles. The van der Waals surface area contributed by atoms with E-state index in [0.717, 1.165) is 6.42 Å². The zero-order valence-electron chi connectivity index (χ0n) is 12.5. The van der Waals surface area contributed by atoms with Crippen LogP contribution in [0.15, 0.2) is 24.3 Å². The van der Waals surface area contributed by atoms with Crippen molar-refractivity contribution in [3.8, 4) is 5.75 Å². The summed E-state index contributed by atoms with van der Waals surface area (Å²) >= 11 is 0. The number of fused-ring (bicyclic) bond motifs is 4. The summed E-state index contributed by atoms with van der Waals surface area (Å²) in [7, 11) is 0. The molecular formula is C15H17NO7. The molecule has 1 aromatic carbocycles. The average molecular weight is 323 g/mol. The Balaban J connectivity index is 1.57. The van der Waals surface area contributed by atoms with Crippen molar-refractivity contribution in [3.63, 3.8) is 0 Å². The lowest BCUT2D eigenvalue weighted by atomic mass is 9.91. The van der Waals surface area contributed by atoms with Crippen LogP contribution in [0.4, 0.5) is 10.5 Å². The molecule has 124 valence electrons. The molecule has 23 heavy (non-hydrogen) atoms. The maximum atomic E-state index is 11.9. The molecule has 4 rings (SSSR count). The van der Waals surface area contributed by atoms with Gasteiger partial charge in [-0.25, -0.2) is 4.79 Å². The minimum absolute atomic E-state index is 0.0770. The summed E-state index contributed by atoms with van der Waals surface area (Å²) in [6.45, 7) is 2.80. The zero-order chi connectivity index (χ0) is 16.4. The van der Waals surface area contributed by atoms with E-state index in [0.29, 0.717) is 6.61 Å². The van der Waals surface area contributed by atoms with E-state index in [1.165, 1.54) is 24.3 Å². The highest BCUT2D eigenvalue weighted by Crippen LogP contribution is 2.33. The first kappa shape index (κ1) is 15.7. The highest BCUT2D eigenvalue weighted by molar-refractivity contribution is 5.64. The zero-order valence-corrected chi connectivity index (χ0v) is 12.5. The molecule has 1 aromatic rings. The van der Waals surface area contributed by atoms with Crippen LogP contribution in [-0.2, 0) is 14.2 Å². The predicted molar refractivity (Wildman–Crippen MR) is 77.0 cm³/mol. The summed E-state index contributed by atoms with van der Waals surface area (Å²) in [5.41, 5.74) is -0.0778. The van der Waals surface area contributed by atoms with Crippen molar-refractivity contribution in [2.45, 2.75) is 25.7 Å². The number of hydrogen-bond acceptors (Lipinski definition) is 7. The molecule has 3 aliphatic rings. The van der Waals surface area contributed by atoms with Crippen molar-refractivity contribution >= 4 is 11.8 Å². The first-order chi connectivity index (χ1) is 11.0. The van der Waals surface area contributed by atoms with Gasteiger partial charge in [-0.1, -0.05) is 6.92 Å². The SMILES string of the molecule is CC1CC2COC1OCC2OC(=O)Oc1ccc([N+](=O)[O-])cc1.